The molecule has 2 N–H and O–H groups in total. The van der Waals surface area contributed by atoms with Crippen molar-refractivity contribution >= 4 is 5.96 Å². The molecule has 6 heteroatoms. The smallest absolute Gasteiger partial charge is 0.191 e. The lowest BCUT2D eigenvalue weighted by molar-refractivity contribution is 0.173. The fraction of sp³-hybridized carbons (Fsp3) is 0.545. The molecule has 2 rings (SSSR count). The second kappa shape index (κ2) is 10.9. The minimum Gasteiger partial charge on any atom is -0.356 e. The highest BCUT2D eigenvalue weighted by atomic mass is 15.3. The van der Waals surface area contributed by atoms with E-state index in [0.29, 0.717) is 12.1 Å². The predicted molar refractivity (Wildman–Crippen MR) is 118 cm³/mol. The lowest BCUT2D eigenvalue weighted by Crippen LogP contribution is -2.42. The molecule has 0 fully saturated rings. The Hall–Kier alpha value is -2.34. The number of aliphatic imine (C=N–C) groups is 1. The van der Waals surface area contributed by atoms with Crippen LogP contribution >= 0.6 is 0 Å². The number of guanidine groups is 1. The van der Waals surface area contributed by atoms with Gasteiger partial charge in [-0.25, -0.2) is 4.68 Å². The lowest BCUT2D eigenvalue weighted by atomic mass is 10.1. The zero-order chi connectivity index (χ0) is 20.5. The van der Waals surface area contributed by atoms with E-state index in [1.165, 1.54) is 5.56 Å². The molecular formula is C22H36N6. The zero-order valence-electron chi connectivity index (χ0n) is 18.2. The average Bonchev–Trinajstić information content (AvgIpc) is 3.21. The molecule has 0 bridgehead atoms. The van der Waals surface area contributed by atoms with Gasteiger partial charge in [-0.2, -0.15) is 5.10 Å². The summed E-state index contributed by atoms with van der Waals surface area (Å²) in [5.41, 5.74) is 2.25. The van der Waals surface area contributed by atoms with E-state index >= 15 is 0 Å². The van der Waals surface area contributed by atoms with Crippen LogP contribution in [0.3, 0.4) is 0 Å². The second-order valence-corrected chi connectivity index (χ2v) is 7.69. The Morgan fingerprint density at radius 2 is 1.89 bits per heavy atom. The first kappa shape index (κ1) is 22.0. The fourth-order valence-corrected chi connectivity index (χ4v) is 3.42. The van der Waals surface area contributed by atoms with Crippen molar-refractivity contribution in [3.63, 3.8) is 0 Å². The van der Waals surface area contributed by atoms with Crippen LogP contribution in [0, 0.1) is 0 Å². The van der Waals surface area contributed by atoms with Crippen molar-refractivity contribution in [2.75, 3.05) is 20.1 Å². The third-order valence-electron chi connectivity index (χ3n) is 4.93. The van der Waals surface area contributed by atoms with Crippen LogP contribution in [0.2, 0.25) is 0 Å². The van der Waals surface area contributed by atoms with Crippen molar-refractivity contribution < 1.29 is 0 Å². The lowest BCUT2D eigenvalue weighted by Gasteiger charge is -2.30. The Balaban J connectivity index is 1.86. The van der Waals surface area contributed by atoms with E-state index in [2.05, 4.69) is 84.5 Å². The van der Waals surface area contributed by atoms with Gasteiger partial charge in [-0.1, -0.05) is 12.1 Å². The molecule has 1 heterocycles. The highest BCUT2D eigenvalue weighted by Crippen LogP contribution is 2.16. The number of nitrogens with zero attached hydrogens (tertiary/aromatic N) is 4. The number of aromatic nitrogens is 2. The third-order valence-corrected chi connectivity index (χ3v) is 4.93. The summed E-state index contributed by atoms with van der Waals surface area (Å²) in [6, 6.07) is 11.6. The maximum absolute atomic E-state index is 4.38. The van der Waals surface area contributed by atoms with Crippen LogP contribution in [0.25, 0.3) is 5.69 Å². The zero-order valence-corrected chi connectivity index (χ0v) is 18.2. The summed E-state index contributed by atoms with van der Waals surface area (Å²) in [5, 5.41) is 11.2. The molecule has 0 aliphatic heterocycles. The molecule has 0 radical (unpaired) electrons. The van der Waals surface area contributed by atoms with Gasteiger partial charge in [-0.15, -0.1) is 0 Å². The van der Waals surface area contributed by atoms with Crippen LogP contribution in [0.5, 0.6) is 0 Å². The molecule has 1 unspecified atom stereocenters. The second-order valence-electron chi connectivity index (χ2n) is 7.69. The van der Waals surface area contributed by atoms with E-state index in [0.717, 1.165) is 31.2 Å². The van der Waals surface area contributed by atoms with E-state index in [9.17, 15) is 0 Å². The van der Waals surface area contributed by atoms with Crippen LogP contribution in [0.1, 0.15) is 52.6 Å². The van der Waals surface area contributed by atoms with Gasteiger partial charge >= 0.3 is 0 Å². The SMILES string of the molecule is CN=C(NCCCN(C(C)C)C(C)C)NC(C)c1cccc(-n2cccn2)c1. The molecule has 1 atom stereocenters. The standard InChI is InChI=1S/C22H36N6/c1-17(2)27(18(3)4)14-8-12-24-22(23-6)26-19(5)20-10-7-11-21(16-20)28-15-9-13-25-28/h7,9-11,13,15-19H,8,12,14H2,1-6H3,(H2,23,24,26). The molecule has 6 nitrogen and oxygen atoms in total. The summed E-state index contributed by atoms with van der Waals surface area (Å²) in [4.78, 5) is 6.89. The summed E-state index contributed by atoms with van der Waals surface area (Å²) in [6.07, 6.45) is 4.83. The van der Waals surface area contributed by atoms with Crippen LogP contribution in [-0.2, 0) is 0 Å². The molecule has 2 aromatic rings. The Kier molecular flexibility index (Phi) is 8.51. The minimum absolute atomic E-state index is 0.143. The van der Waals surface area contributed by atoms with Gasteiger partial charge in [0.15, 0.2) is 5.96 Å². The van der Waals surface area contributed by atoms with E-state index in [1.54, 1.807) is 6.20 Å². The first-order chi connectivity index (χ1) is 13.4. The molecule has 0 saturated heterocycles. The van der Waals surface area contributed by atoms with Crippen LogP contribution in [0.15, 0.2) is 47.7 Å². The van der Waals surface area contributed by atoms with Gasteiger partial charge in [0, 0.05) is 44.6 Å². The van der Waals surface area contributed by atoms with Gasteiger partial charge in [-0.05, 0) is 64.8 Å². The third kappa shape index (κ3) is 6.37. The molecule has 0 aliphatic rings. The van der Waals surface area contributed by atoms with E-state index in [-0.39, 0.29) is 6.04 Å². The molecule has 154 valence electrons. The van der Waals surface area contributed by atoms with Crippen LogP contribution < -0.4 is 10.6 Å². The summed E-state index contributed by atoms with van der Waals surface area (Å²) in [7, 11) is 1.82. The molecule has 0 aliphatic carbocycles. The molecule has 0 saturated carbocycles. The molecule has 1 aromatic carbocycles. The number of rotatable bonds is 9. The maximum Gasteiger partial charge on any atom is 0.191 e. The molecular weight excluding hydrogens is 348 g/mol. The van der Waals surface area contributed by atoms with Gasteiger partial charge in [0.2, 0.25) is 0 Å². The Bertz CT molecular complexity index is 712. The van der Waals surface area contributed by atoms with Gasteiger partial charge in [0.25, 0.3) is 0 Å². The molecule has 28 heavy (non-hydrogen) atoms. The fourth-order valence-electron chi connectivity index (χ4n) is 3.42. The van der Waals surface area contributed by atoms with Gasteiger partial charge in [-0.3, -0.25) is 9.89 Å². The molecule has 0 spiro atoms. The molecule has 0 amide bonds. The quantitative estimate of drug-likeness (QED) is 0.394. The Labute approximate surface area is 170 Å². The summed E-state index contributed by atoms with van der Waals surface area (Å²) in [6.45, 7) is 13.2. The number of benzene rings is 1. The van der Waals surface area contributed by atoms with Gasteiger partial charge in [0.05, 0.1) is 11.7 Å². The highest BCUT2D eigenvalue weighted by molar-refractivity contribution is 5.80. The Morgan fingerprint density at radius 3 is 2.50 bits per heavy atom. The number of hydrogen-bond donors (Lipinski definition) is 2. The van der Waals surface area contributed by atoms with Crippen molar-refractivity contribution in [3.05, 3.63) is 48.3 Å². The topological polar surface area (TPSA) is 57.5 Å². The Morgan fingerprint density at radius 1 is 1.14 bits per heavy atom. The van der Waals surface area contributed by atoms with Crippen molar-refractivity contribution in [1.82, 2.24) is 25.3 Å². The first-order valence-corrected chi connectivity index (χ1v) is 10.2. The van der Waals surface area contributed by atoms with E-state index in [4.69, 9.17) is 0 Å². The van der Waals surface area contributed by atoms with E-state index < -0.39 is 0 Å². The van der Waals surface area contributed by atoms with Crippen molar-refractivity contribution in [2.24, 2.45) is 4.99 Å². The molecule has 1 aromatic heterocycles. The largest absolute Gasteiger partial charge is 0.356 e. The summed E-state index contributed by atoms with van der Waals surface area (Å²) >= 11 is 0. The first-order valence-electron chi connectivity index (χ1n) is 10.2. The summed E-state index contributed by atoms with van der Waals surface area (Å²) < 4.78 is 1.87. The summed E-state index contributed by atoms with van der Waals surface area (Å²) in [5.74, 6) is 0.831. The average molecular weight is 385 g/mol. The van der Waals surface area contributed by atoms with Crippen LogP contribution in [0.4, 0.5) is 0 Å². The monoisotopic (exact) mass is 384 g/mol. The van der Waals surface area contributed by atoms with Gasteiger partial charge < -0.3 is 10.6 Å². The van der Waals surface area contributed by atoms with Crippen molar-refractivity contribution in [1.29, 1.82) is 0 Å². The van der Waals surface area contributed by atoms with Crippen molar-refractivity contribution in [3.8, 4) is 5.69 Å². The minimum atomic E-state index is 0.143. The predicted octanol–water partition coefficient (Wildman–Crippen LogP) is 3.61. The van der Waals surface area contributed by atoms with Crippen LogP contribution in [-0.4, -0.2) is 52.9 Å². The maximum atomic E-state index is 4.38. The number of nitrogens with one attached hydrogen (secondary N) is 2. The number of hydrogen-bond acceptors (Lipinski definition) is 3. The normalized spacial score (nSPS) is 13.4. The van der Waals surface area contributed by atoms with E-state index in [1.807, 2.05) is 24.0 Å². The van der Waals surface area contributed by atoms with Gasteiger partial charge in [0.1, 0.15) is 0 Å². The highest BCUT2D eigenvalue weighted by Gasteiger charge is 2.13. The van der Waals surface area contributed by atoms with Crippen molar-refractivity contribution in [2.45, 2.75) is 59.2 Å².